The maximum Gasteiger partial charge on any atom is 0.242 e. The Bertz CT molecular complexity index is 554. The normalized spacial score (nSPS) is 11.7. The molecule has 0 radical (unpaired) electrons. The lowest BCUT2D eigenvalue weighted by molar-refractivity contribution is -0.121. The number of benzene rings is 2. The molecule has 0 aliphatic carbocycles. The van der Waals surface area contributed by atoms with Gasteiger partial charge in [0.25, 0.3) is 0 Å². The average Bonchev–Trinajstić information content (AvgIpc) is 2.47. The first-order chi connectivity index (χ1) is 9.65. The molecule has 2 N–H and O–H groups in total. The van der Waals surface area contributed by atoms with E-state index in [1.165, 1.54) is 0 Å². The van der Waals surface area contributed by atoms with Crippen LogP contribution in [0, 0.1) is 0 Å². The largest absolute Gasteiger partial charge is 0.374 e. The Kier molecular flexibility index (Phi) is 5.02. The van der Waals surface area contributed by atoms with Crippen LogP contribution in [0.2, 0.25) is 5.02 Å². The van der Waals surface area contributed by atoms with Gasteiger partial charge in [0.1, 0.15) is 6.04 Å². The fourth-order valence-electron chi connectivity index (χ4n) is 1.79. The molecule has 0 spiro atoms. The van der Waals surface area contributed by atoms with E-state index in [4.69, 9.17) is 11.6 Å². The third-order valence-corrected chi connectivity index (χ3v) is 3.18. The average molecular weight is 289 g/mol. The number of anilines is 1. The Balaban J connectivity index is 1.83. The van der Waals surface area contributed by atoms with Crippen LogP contribution < -0.4 is 10.6 Å². The number of rotatable bonds is 5. The zero-order chi connectivity index (χ0) is 14.4. The van der Waals surface area contributed by atoms with E-state index in [9.17, 15) is 4.79 Å². The number of para-hydroxylation sites is 1. The predicted molar refractivity (Wildman–Crippen MR) is 82.8 cm³/mol. The summed E-state index contributed by atoms with van der Waals surface area (Å²) in [6.07, 6.45) is 0. The summed E-state index contributed by atoms with van der Waals surface area (Å²) < 4.78 is 0. The lowest BCUT2D eigenvalue weighted by Gasteiger charge is -2.15. The van der Waals surface area contributed by atoms with Gasteiger partial charge in [0, 0.05) is 17.3 Å². The number of amides is 1. The van der Waals surface area contributed by atoms with Gasteiger partial charge in [-0.05, 0) is 36.8 Å². The number of carbonyl (C=O) groups is 1. The van der Waals surface area contributed by atoms with Crippen molar-refractivity contribution < 1.29 is 4.79 Å². The second-order valence-electron chi connectivity index (χ2n) is 4.58. The Labute approximate surface area is 124 Å². The molecule has 4 heteroatoms. The molecule has 2 rings (SSSR count). The molecule has 0 aliphatic heterocycles. The van der Waals surface area contributed by atoms with Crippen LogP contribution in [0.15, 0.2) is 54.6 Å². The molecular weight excluding hydrogens is 272 g/mol. The predicted octanol–water partition coefficient (Wildman–Crippen LogP) is 3.46. The smallest absolute Gasteiger partial charge is 0.242 e. The monoisotopic (exact) mass is 288 g/mol. The van der Waals surface area contributed by atoms with Gasteiger partial charge in [-0.2, -0.15) is 0 Å². The number of hydrogen-bond acceptors (Lipinski definition) is 2. The van der Waals surface area contributed by atoms with Crippen molar-refractivity contribution >= 4 is 23.2 Å². The second kappa shape index (κ2) is 6.96. The van der Waals surface area contributed by atoms with E-state index in [2.05, 4.69) is 10.6 Å². The van der Waals surface area contributed by atoms with E-state index in [-0.39, 0.29) is 11.9 Å². The van der Waals surface area contributed by atoms with E-state index in [0.29, 0.717) is 11.6 Å². The van der Waals surface area contributed by atoms with Gasteiger partial charge in [0.2, 0.25) is 5.91 Å². The van der Waals surface area contributed by atoms with E-state index in [1.54, 1.807) is 0 Å². The summed E-state index contributed by atoms with van der Waals surface area (Å²) in [7, 11) is 0. The zero-order valence-corrected chi connectivity index (χ0v) is 12.0. The molecule has 0 fully saturated rings. The fourth-order valence-corrected chi connectivity index (χ4v) is 1.92. The molecule has 3 nitrogen and oxygen atoms in total. The highest BCUT2D eigenvalue weighted by molar-refractivity contribution is 6.30. The van der Waals surface area contributed by atoms with Crippen molar-refractivity contribution in [3.05, 3.63) is 65.2 Å². The Morgan fingerprint density at radius 2 is 1.75 bits per heavy atom. The van der Waals surface area contributed by atoms with Crippen molar-refractivity contribution in [1.82, 2.24) is 5.32 Å². The molecule has 1 amide bonds. The van der Waals surface area contributed by atoms with Crippen molar-refractivity contribution in [3.8, 4) is 0 Å². The van der Waals surface area contributed by atoms with Crippen LogP contribution in [0.3, 0.4) is 0 Å². The first-order valence-electron chi connectivity index (χ1n) is 6.49. The first-order valence-corrected chi connectivity index (χ1v) is 6.86. The summed E-state index contributed by atoms with van der Waals surface area (Å²) in [5, 5.41) is 6.74. The maximum absolute atomic E-state index is 12.0. The lowest BCUT2D eigenvalue weighted by Crippen LogP contribution is -2.37. The Morgan fingerprint density at radius 1 is 1.10 bits per heavy atom. The van der Waals surface area contributed by atoms with Crippen molar-refractivity contribution in [2.45, 2.75) is 19.5 Å². The van der Waals surface area contributed by atoms with Gasteiger partial charge in [0.15, 0.2) is 0 Å². The highest BCUT2D eigenvalue weighted by Crippen LogP contribution is 2.10. The van der Waals surface area contributed by atoms with Gasteiger partial charge < -0.3 is 10.6 Å². The third kappa shape index (κ3) is 4.28. The van der Waals surface area contributed by atoms with E-state index < -0.39 is 0 Å². The van der Waals surface area contributed by atoms with Gasteiger partial charge in [-0.3, -0.25) is 4.79 Å². The molecule has 104 valence electrons. The molecular formula is C16H17ClN2O. The molecule has 0 saturated heterocycles. The van der Waals surface area contributed by atoms with Gasteiger partial charge in [0.05, 0.1) is 0 Å². The third-order valence-electron chi connectivity index (χ3n) is 2.93. The van der Waals surface area contributed by atoms with Gasteiger partial charge in [-0.25, -0.2) is 0 Å². The molecule has 0 heterocycles. The summed E-state index contributed by atoms with van der Waals surface area (Å²) in [4.78, 5) is 12.0. The van der Waals surface area contributed by atoms with Crippen molar-refractivity contribution in [1.29, 1.82) is 0 Å². The van der Waals surface area contributed by atoms with Crippen molar-refractivity contribution in [3.63, 3.8) is 0 Å². The Hall–Kier alpha value is -2.00. The van der Waals surface area contributed by atoms with Crippen LogP contribution in [0.25, 0.3) is 0 Å². The molecule has 0 aromatic heterocycles. The van der Waals surface area contributed by atoms with E-state index in [0.717, 1.165) is 11.3 Å². The minimum atomic E-state index is -0.287. The fraction of sp³-hybridized carbons (Fsp3) is 0.188. The van der Waals surface area contributed by atoms with Gasteiger partial charge in [-0.15, -0.1) is 0 Å². The van der Waals surface area contributed by atoms with Crippen LogP contribution in [-0.2, 0) is 11.3 Å². The highest BCUT2D eigenvalue weighted by Gasteiger charge is 2.11. The van der Waals surface area contributed by atoms with Crippen LogP contribution in [0.1, 0.15) is 12.5 Å². The highest BCUT2D eigenvalue weighted by atomic mass is 35.5. The molecule has 1 unspecified atom stereocenters. The minimum absolute atomic E-state index is 0.0381. The maximum atomic E-state index is 12.0. The lowest BCUT2D eigenvalue weighted by atomic mass is 10.2. The summed E-state index contributed by atoms with van der Waals surface area (Å²) in [6.45, 7) is 2.33. The van der Waals surface area contributed by atoms with Crippen molar-refractivity contribution in [2.24, 2.45) is 0 Å². The van der Waals surface area contributed by atoms with Crippen LogP contribution in [0.5, 0.6) is 0 Å². The number of carbonyl (C=O) groups excluding carboxylic acids is 1. The first kappa shape index (κ1) is 14.4. The SMILES string of the molecule is CC(Nc1ccccc1)C(=O)NCc1ccc(Cl)cc1. The molecule has 2 aromatic rings. The molecule has 20 heavy (non-hydrogen) atoms. The Morgan fingerprint density at radius 3 is 2.40 bits per heavy atom. The zero-order valence-electron chi connectivity index (χ0n) is 11.3. The number of halogens is 1. The summed E-state index contributed by atoms with van der Waals surface area (Å²) in [6, 6.07) is 16.8. The van der Waals surface area contributed by atoms with Gasteiger partial charge >= 0.3 is 0 Å². The van der Waals surface area contributed by atoms with Gasteiger partial charge in [-0.1, -0.05) is 41.9 Å². The summed E-state index contributed by atoms with van der Waals surface area (Å²) in [5.74, 6) is -0.0381. The molecule has 0 aliphatic rings. The van der Waals surface area contributed by atoms with E-state index in [1.807, 2.05) is 61.5 Å². The molecule has 2 aromatic carbocycles. The van der Waals surface area contributed by atoms with Crippen LogP contribution in [-0.4, -0.2) is 11.9 Å². The van der Waals surface area contributed by atoms with Crippen molar-refractivity contribution in [2.75, 3.05) is 5.32 Å². The van der Waals surface area contributed by atoms with E-state index >= 15 is 0 Å². The second-order valence-corrected chi connectivity index (χ2v) is 5.01. The molecule has 0 bridgehead atoms. The minimum Gasteiger partial charge on any atom is -0.374 e. The molecule has 1 atom stereocenters. The molecule has 0 saturated carbocycles. The van der Waals surface area contributed by atoms with Crippen LogP contribution >= 0.6 is 11.6 Å². The topological polar surface area (TPSA) is 41.1 Å². The quantitative estimate of drug-likeness (QED) is 0.885. The summed E-state index contributed by atoms with van der Waals surface area (Å²) in [5.41, 5.74) is 1.95. The van der Waals surface area contributed by atoms with Crippen LogP contribution in [0.4, 0.5) is 5.69 Å². The number of hydrogen-bond donors (Lipinski definition) is 2. The standard InChI is InChI=1S/C16H17ClN2O/c1-12(19-15-5-3-2-4-6-15)16(20)18-11-13-7-9-14(17)10-8-13/h2-10,12,19H,11H2,1H3,(H,18,20). The summed E-state index contributed by atoms with van der Waals surface area (Å²) >= 11 is 5.82. The number of nitrogens with one attached hydrogen (secondary N) is 2.